The third-order valence-electron chi connectivity index (χ3n) is 3.92. The molecular formula is C17H19N3O3S. The Kier molecular flexibility index (Phi) is 5.41. The van der Waals surface area contributed by atoms with E-state index in [0.717, 1.165) is 40.2 Å². The maximum atomic E-state index is 12.3. The maximum Gasteiger partial charge on any atom is 0.260 e. The molecule has 1 atom stereocenters. The Bertz CT molecular complexity index is 768. The van der Waals surface area contributed by atoms with Crippen LogP contribution in [0.25, 0.3) is 10.2 Å². The molecule has 1 saturated heterocycles. The number of amides is 1. The van der Waals surface area contributed by atoms with Gasteiger partial charge in [0.15, 0.2) is 6.10 Å². The number of aromatic nitrogens is 1. The molecule has 1 aliphatic rings. The Hall–Kier alpha value is -2.01. The number of hydrogen-bond acceptors (Lipinski definition) is 6. The molecule has 0 spiro atoms. The average Bonchev–Trinajstić information content (AvgIpc) is 3.15. The number of hydrogen-bond donors (Lipinski definition) is 0. The summed E-state index contributed by atoms with van der Waals surface area (Å²) in [5.41, 5.74) is 1.77. The topological polar surface area (TPSA) is 75.5 Å². The highest BCUT2D eigenvalue weighted by Crippen LogP contribution is 2.29. The SMILES string of the molecule is COC[C@@H]1OCN(c2ccc3nc(CCCCC#N)sc3c2)C1=O. The molecule has 0 saturated carbocycles. The number of anilines is 1. The summed E-state index contributed by atoms with van der Waals surface area (Å²) in [6.45, 7) is 0.517. The highest BCUT2D eigenvalue weighted by molar-refractivity contribution is 7.18. The van der Waals surface area contributed by atoms with Crippen molar-refractivity contribution in [2.24, 2.45) is 0 Å². The number of benzene rings is 1. The van der Waals surface area contributed by atoms with Crippen LogP contribution in [0.5, 0.6) is 0 Å². The zero-order valence-corrected chi connectivity index (χ0v) is 14.3. The fourth-order valence-electron chi connectivity index (χ4n) is 2.66. The number of thiazole rings is 1. The van der Waals surface area contributed by atoms with Crippen LogP contribution in [0.1, 0.15) is 24.3 Å². The first-order valence-corrected chi connectivity index (χ1v) is 8.73. The van der Waals surface area contributed by atoms with Gasteiger partial charge in [0.25, 0.3) is 5.91 Å². The summed E-state index contributed by atoms with van der Waals surface area (Å²) in [5, 5.41) is 9.64. The molecule has 2 aromatic rings. The van der Waals surface area contributed by atoms with Gasteiger partial charge in [0.1, 0.15) is 6.73 Å². The molecule has 0 radical (unpaired) electrons. The number of ether oxygens (including phenoxy) is 2. The number of fused-ring (bicyclic) bond motifs is 1. The second-order valence-electron chi connectivity index (χ2n) is 5.63. The molecule has 1 aromatic heterocycles. The molecule has 126 valence electrons. The van der Waals surface area contributed by atoms with Gasteiger partial charge in [-0.1, -0.05) is 0 Å². The molecular weight excluding hydrogens is 326 g/mol. The highest BCUT2D eigenvalue weighted by atomic mass is 32.1. The van der Waals surface area contributed by atoms with Gasteiger partial charge in [0, 0.05) is 19.2 Å². The summed E-state index contributed by atoms with van der Waals surface area (Å²) >= 11 is 1.64. The number of methoxy groups -OCH3 is 1. The van der Waals surface area contributed by atoms with Gasteiger partial charge in [0.05, 0.1) is 27.9 Å². The van der Waals surface area contributed by atoms with E-state index in [1.54, 1.807) is 23.3 Å². The van der Waals surface area contributed by atoms with Gasteiger partial charge in [0.2, 0.25) is 0 Å². The van der Waals surface area contributed by atoms with Gasteiger partial charge >= 0.3 is 0 Å². The molecule has 1 amide bonds. The Balaban J connectivity index is 1.72. The molecule has 0 N–H and O–H groups in total. The molecule has 0 bridgehead atoms. The fraction of sp³-hybridized carbons (Fsp3) is 0.471. The van der Waals surface area contributed by atoms with E-state index in [4.69, 9.17) is 14.7 Å². The molecule has 1 aromatic carbocycles. The zero-order chi connectivity index (χ0) is 16.9. The van der Waals surface area contributed by atoms with Crippen LogP contribution in [0.4, 0.5) is 5.69 Å². The standard InChI is InChI=1S/C17H19N3O3S/c1-22-10-14-17(21)20(11-23-14)12-6-7-13-15(9-12)24-16(19-13)5-3-2-4-8-18/h6-7,9,14H,2-5,10-11H2,1H3/t14-/m0/s1. The number of carbonyl (C=O) groups is 1. The average molecular weight is 345 g/mol. The summed E-state index contributed by atoms with van der Waals surface area (Å²) in [7, 11) is 1.56. The Morgan fingerprint density at radius 3 is 3.17 bits per heavy atom. The number of nitrogens with zero attached hydrogens (tertiary/aromatic N) is 3. The number of nitriles is 1. The summed E-state index contributed by atoms with van der Waals surface area (Å²) in [4.78, 5) is 18.6. The van der Waals surface area contributed by atoms with E-state index in [2.05, 4.69) is 11.1 Å². The summed E-state index contributed by atoms with van der Waals surface area (Å²) in [6, 6.07) is 7.99. The van der Waals surface area contributed by atoms with E-state index in [1.165, 1.54) is 0 Å². The monoisotopic (exact) mass is 345 g/mol. The smallest absolute Gasteiger partial charge is 0.260 e. The van der Waals surface area contributed by atoms with Gasteiger partial charge in [-0.25, -0.2) is 4.98 Å². The molecule has 6 nitrogen and oxygen atoms in total. The molecule has 1 fully saturated rings. The minimum absolute atomic E-state index is 0.0718. The summed E-state index contributed by atoms with van der Waals surface area (Å²) < 4.78 is 11.5. The number of carbonyl (C=O) groups excluding carboxylic acids is 1. The van der Waals surface area contributed by atoms with Crippen LogP contribution < -0.4 is 4.90 Å². The molecule has 0 unspecified atom stereocenters. The second-order valence-corrected chi connectivity index (χ2v) is 6.75. The zero-order valence-electron chi connectivity index (χ0n) is 13.5. The predicted molar refractivity (Wildman–Crippen MR) is 91.9 cm³/mol. The predicted octanol–water partition coefficient (Wildman–Crippen LogP) is 2.87. The van der Waals surface area contributed by atoms with E-state index in [9.17, 15) is 4.79 Å². The normalized spacial score (nSPS) is 17.6. The molecule has 1 aliphatic heterocycles. The van der Waals surface area contributed by atoms with Crippen LogP contribution >= 0.6 is 11.3 Å². The van der Waals surface area contributed by atoms with Crippen molar-refractivity contribution in [1.29, 1.82) is 5.26 Å². The number of aryl methyl sites for hydroxylation is 1. The van der Waals surface area contributed by atoms with Gasteiger partial charge in [-0.05, 0) is 37.5 Å². The van der Waals surface area contributed by atoms with Crippen molar-refractivity contribution in [3.63, 3.8) is 0 Å². The summed E-state index contributed by atoms with van der Waals surface area (Å²) in [5.74, 6) is -0.0718. The molecule has 2 heterocycles. The Morgan fingerprint density at radius 2 is 2.38 bits per heavy atom. The van der Waals surface area contributed by atoms with E-state index in [1.807, 2.05) is 18.2 Å². The molecule has 0 aliphatic carbocycles. The number of rotatable bonds is 7. The van der Waals surface area contributed by atoms with Crippen LogP contribution in [0, 0.1) is 11.3 Å². The lowest BCUT2D eigenvalue weighted by Crippen LogP contribution is -2.31. The molecule has 7 heteroatoms. The first-order valence-electron chi connectivity index (χ1n) is 7.91. The van der Waals surface area contributed by atoms with Crippen LogP contribution in [-0.2, 0) is 20.7 Å². The van der Waals surface area contributed by atoms with E-state index >= 15 is 0 Å². The van der Waals surface area contributed by atoms with Crippen molar-refractivity contribution in [1.82, 2.24) is 4.98 Å². The van der Waals surface area contributed by atoms with E-state index in [0.29, 0.717) is 6.42 Å². The first kappa shape index (κ1) is 16.8. The quantitative estimate of drug-likeness (QED) is 0.721. The lowest BCUT2D eigenvalue weighted by atomic mass is 10.2. The first-order chi connectivity index (χ1) is 11.7. The van der Waals surface area contributed by atoms with Crippen molar-refractivity contribution in [2.45, 2.75) is 31.8 Å². The third-order valence-corrected chi connectivity index (χ3v) is 5.00. The van der Waals surface area contributed by atoms with E-state index in [-0.39, 0.29) is 19.2 Å². The van der Waals surface area contributed by atoms with Crippen LogP contribution in [0.3, 0.4) is 0 Å². The van der Waals surface area contributed by atoms with Crippen molar-refractivity contribution in [3.8, 4) is 6.07 Å². The van der Waals surface area contributed by atoms with Crippen LogP contribution in [0.15, 0.2) is 18.2 Å². The lowest BCUT2D eigenvalue weighted by Gasteiger charge is -2.14. The Morgan fingerprint density at radius 1 is 1.50 bits per heavy atom. The molecule has 24 heavy (non-hydrogen) atoms. The van der Waals surface area contributed by atoms with Crippen molar-refractivity contribution in [2.75, 3.05) is 25.3 Å². The largest absolute Gasteiger partial charge is 0.381 e. The second kappa shape index (κ2) is 7.71. The molecule has 3 rings (SSSR count). The fourth-order valence-corrected chi connectivity index (χ4v) is 3.70. The highest BCUT2D eigenvalue weighted by Gasteiger charge is 2.33. The van der Waals surface area contributed by atoms with E-state index < -0.39 is 6.10 Å². The van der Waals surface area contributed by atoms with Gasteiger partial charge < -0.3 is 9.47 Å². The van der Waals surface area contributed by atoms with Gasteiger partial charge in [-0.3, -0.25) is 9.69 Å². The summed E-state index contributed by atoms with van der Waals surface area (Å²) in [6.07, 6.45) is 2.82. The van der Waals surface area contributed by atoms with Crippen LogP contribution in [-0.4, -0.2) is 37.4 Å². The lowest BCUT2D eigenvalue weighted by molar-refractivity contribution is -0.124. The minimum atomic E-state index is -0.525. The van der Waals surface area contributed by atoms with Gasteiger partial charge in [-0.15, -0.1) is 11.3 Å². The van der Waals surface area contributed by atoms with Crippen LogP contribution in [0.2, 0.25) is 0 Å². The van der Waals surface area contributed by atoms with Crippen molar-refractivity contribution in [3.05, 3.63) is 23.2 Å². The maximum absolute atomic E-state index is 12.3. The minimum Gasteiger partial charge on any atom is -0.381 e. The van der Waals surface area contributed by atoms with Crippen molar-refractivity contribution < 1.29 is 14.3 Å². The van der Waals surface area contributed by atoms with Crippen molar-refractivity contribution >= 4 is 33.1 Å². The Labute approximate surface area is 144 Å². The number of unbranched alkanes of at least 4 members (excludes halogenated alkanes) is 2. The third kappa shape index (κ3) is 3.56. The van der Waals surface area contributed by atoms with Gasteiger partial charge in [-0.2, -0.15) is 5.26 Å².